The summed E-state index contributed by atoms with van der Waals surface area (Å²) in [5, 5.41) is 3.04. The van der Waals surface area contributed by atoms with Crippen LogP contribution in [0.25, 0.3) is 0 Å². The van der Waals surface area contributed by atoms with Crippen LogP contribution in [-0.4, -0.2) is 37.0 Å². The van der Waals surface area contributed by atoms with Crippen LogP contribution in [0.4, 0.5) is 10.1 Å². The van der Waals surface area contributed by atoms with Crippen molar-refractivity contribution in [1.29, 1.82) is 0 Å². The predicted molar refractivity (Wildman–Crippen MR) is 144 cm³/mol. The van der Waals surface area contributed by atoms with E-state index in [0.717, 1.165) is 19.3 Å². The molecule has 0 bridgehead atoms. The standard InChI is InChI=1S/C31H33FN2O4/c1-37-26-11-12-28(29(17-26)38-2)33-30(36)31(34(20-35)19-24-9-5-6-10-27(24)32)14-13-23-15-21-7-3-4-8-22(21)16-25(23)18-31/h3-12,17,20,23,25H,13-16,18-19H2,1-2H3,(H,33,36)/t23-,25+,31+/m1/s1. The van der Waals surface area contributed by atoms with Gasteiger partial charge in [-0.2, -0.15) is 0 Å². The van der Waals surface area contributed by atoms with E-state index in [1.54, 1.807) is 43.5 Å². The largest absolute Gasteiger partial charge is 0.497 e. The lowest BCUT2D eigenvalue weighted by atomic mass is 9.62. The summed E-state index contributed by atoms with van der Waals surface area (Å²) in [7, 11) is 3.09. The van der Waals surface area contributed by atoms with E-state index in [4.69, 9.17) is 9.47 Å². The summed E-state index contributed by atoms with van der Waals surface area (Å²) in [6.45, 7) is 0.0112. The van der Waals surface area contributed by atoms with E-state index in [2.05, 4.69) is 23.5 Å². The number of hydrogen-bond acceptors (Lipinski definition) is 4. The third-order valence-corrected chi connectivity index (χ3v) is 8.33. The van der Waals surface area contributed by atoms with Gasteiger partial charge in [-0.05, 0) is 73.3 Å². The zero-order valence-corrected chi connectivity index (χ0v) is 21.8. The number of rotatable bonds is 8. The topological polar surface area (TPSA) is 67.9 Å². The molecule has 3 atom stereocenters. The summed E-state index contributed by atoms with van der Waals surface area (Å²) in [4.78, 5) is 28.4. The van der Waals surface area contributed by atoms with E-state index in [0.29, 0.717) is 47.9 Å². The second kappa shape index (κ2) is 10.9. The Morgan fingerprint density at radius 2 is 1.74 bits per heavy atom. The molecule has 1 saturated carbocycles. The van der Waals surface area contributed by atoms with Crippen LogP contribution in [0.15, 0.2) is 66.7 Å². The lowest BCUT2D eigenvalue weighted by Crippen LogP contribution is -2.60. The quantitative estimate of drug-likeness (QED) is 0.408. The molecule has 6 nitrogen and oxygen atoms in total. The van der Waals surface area contributed by atoms with Crippen molar-refractivity contribution >= 4 is 18.0 Å². The van der Waals surface area contributed by atoms with Crippen molar-refractivity contribution in [1.82, 2.24) is 4.90 Å². The fourth-order valence-corrected chi connectivity index (χ4v) is 6.23. The molecule has 38 heavy (non-hydrogen) atoms. The number of methoxy groups -OCH3 is 2. The molecule has 2 aliphatic rings. The predicted octanol–water partition coefficient (Wildman–Crippen LogP) is 5.39. The van der Waals surface area contributed by atoms with Gasteiger partial charge in [-0.15, -0.1) is 0 Å². The number of fused-ring (bicyclic) bond motifs is 2. The third kappa shape index (κ3) is 4.85. The number of ether oxygens (including phenoxy) is 2. The highest BCUT2D eigenvalue weighted by Crippen LogP contribution is 2.47. The Hall–Kier alpha value is -3.87. The highest BCUT2D eigenvalue weighted by atomic mass is 19.1. The molecule has 5 rings (SSSR count). The van der Waals surface area contributed by atoms with Crippen molar-refractivity contribution < 1.29 is 23.5 Å². The fraction of sp³-hybridized carbons (Fsp3) is 0.355. The number of nitrogens with zero attached hydrogens (tertiary/aromatic N) is 1. The van der Waals surface area contributed by atoms with Gasteiger partial charge in [-0.1, -0.05) is 42.5 Å². The lowest BCUT2D eigenvalue weighted by molar-refractivity contribution is -0.143. The molecule has 0 radical (unpaired) electrons. The fourth-order valence-electron chi connectivity index (χ4n) is 6.23. The summed E-state index contributed by atoms with van der Waals surface area (Å²) < 4.78 is 25.5. The molecule has 0 saturated heterocycles. The Bertz CT molecular complexity index is 1330. The number of amides is 2. The Kier molecular flexibility index (Phi) is 7.36. The van der Waals surface area contributed by atoms with Gasteiger partial charge < -0.3 is 19.7 Å². The van der Waals surface area contributed by atoms with Gasteiger partial charge in [-0.25, -0.2) is 4.39 Å². The zero-order chi connectivity index (χ0) is 26.7. The summed E-state index contributed by atoms with van der Waals surface area (Å²) in [5.74, 6) is 1.03. The van der Waals surface area contributed by atoms with Crippen LogP contribution < -0.4 is 14.8 Å². The molecule has 7 heteroatoms. The van der Waals surface area contributed by atoms with Gasteiger partial charge in [0.15, 0.2) is 0 Å². The van der Waals surface area contributed by atoms with E-state index >= 15 is 0 Å². The first-order valence-corrected chi connectivity index (χ1v) is 13.0. The summed E-state index contributed by atoms with van der Waals surface area (Å²) in [6, 6.07) is 20.0. The van der Waals surface area contributed by atoms with Crippen molar-refractivity contribution in [3.8, 4) is 11.5 Å². The molecular weight excluding hydrogens is 483 g/mol. The van der Waals surface area contributed by atoms with Crippen LogP contribution >= 0.6 is 0 Å². The van der Waals surface area contributed by atoms with Crippen LogP contribution in [-0.2, 0) is 29.0 Å². The molecule has 3 aromatic carbocycles. The maximum absolute atomic E-state index is 14.7. The summed E-state index contributed by atoms with van der Waals surface area (Å²) >= 11 is 0. The van der Waals surface area contributed by atoms with Gasteiger partial charge in [0.2, 0.25) is 12.3 Å². The molecule has 0 unspecified atom stereocenters. The molecule has 0 heterocycles. The van der Waals surface area contributed by atoms with E-state index in [-0.39, 0.29) is 18.4 Å². The molecule has 1 fully saturated rings. The van der Waals surface area contributed by atoms with Crippen molar-refractivity contribution in [2.45, 2.75) is 44.2 Å². The van der Waals surface area contributed by atoms with Crippen molar-refractivity contribution in [2.24, 2.45) is 11.8 Å². The number of hydrogen-bond donors (Lipinski definition) is 1. The van der Waals surface area contributed by atoms with Gasteiger partial charge >= 0.3 is 0 Å². The van der Waals surface area contributed by atoms with Crippen molar-refractivity contribution in [3.63, 3.8) is 0 Å². The van der Waals surface area contributed by atoms with Crippen molar-refractivity contribution in [2.75, 3.05) is 19.5 Å². The van der Waals surface area contributed by atoms with Crippen LogP contribution in [0.2, 0.25) is 0 Å². The molecule has 0 aromatic heterocycles. The number of nitrogens with one attached hydrogen (secondary N) is 1. The first-order valence-electron chi connectivity index (χ1n) is 13.0. The monoisotopic (exact) mass is 516 g/mol. The molecule has 0 aliphatic heterocycles. The molecule has 198 valence electrons. The highest BCUT2D eigenvalue weighted by molar-refractivity contribution is 6.00. The second-order valence-electron chi connectivity index (χ2n) is 10.3. The normalized spacial score (nSPS) is 22.0. The number of anilines is 1. The number of halogens is 1. The maximum atomic E-state index is 14.7. The average Bonchev–Trinajstić information content (AvgIpc) is 2.95. The van der Waals surface area contributed by atoms with Crippen LogP contribution in [0.1, 0.15) is 36.0 Å². The van der Waals surface area contributed by atoms with E-state index in [9.17, 15) is 14.0 Å². The SMILES string of the molecule is COc1ccc(NC(=O)[C@]2(N(C=O)Cc3ccccc3F)CC[C@@H]3Cc4ccccc4C[C@H]3C2)c(OC)c1. The molecule has 0 spiro atoms. The van der Waals surface area contributed by atoms with E-state index in [1.807, 2.05) is 6.07 Å². The number of carbonyl (C=O) groups excluding carboxylic acids is 2. The smallest absolute Gasteiger partial charge is 0.250 e. The number of carbonyl (C=O) groups is 2. The van der Waals surface area contributed by atoms with Gasteiger partial charge in [0.1, 0.15) is 22.9 Å². The third-order valence-electron chi connectivity index (χ3n) is 8.33. The van der Waals surface area contributed by atoms with Crippen LogP contribution in [0, 0.1) is 17.7 Å². The first kappa shape index (κ1) is 25.8. The summed E-state index contributed by atoms with van der Waals surface area (Å²) in [5.41, 5.74) is 2.40. The number of benzene rings is 3. The average molecular weight is 517 g/mol. The lowest BCUT2D eigenvalue weighted by Gasteiger charge is -2.50. The minimum absolute atomic E-state index is 0.0112. The van der Waals surface area contributed by atoms with Crippen molar-refractivity contribution in [3.05, 3.63) is 89.2 Å². The van der Waals surface area contributed by atoms with Crippen LogP contribution in [0.3, 0.4) is 0 Å². The van der Waals surface area contributed by atoms with Gasteiger partial charge in [-0.3, -0.25) is 9.59 Å². The van der Waals surface area contributed by atoms with Gasteiger partial charge in [0.25, 0.3) is 0 Å². The second-order valence-corrected chi connectivity index (χ2v) is 10.3. The molecule has 3 aromatic rings. The minimum atomic E-state index is -1.14. The van der Waals surface area contributed by atoms with Gasteiger partial charge in [0.05, 0.1) is 19.9 Å². The summed E-state index contributed by atoms with van der Waals surface area (Å²) in [6.07, 6.45) is 4.33. The Balaban J connectivity index is 1.50. The van der Waals surface area contributed by atoms with Crippen LogP contribution in [0.5, 0.6) is 11.5 Å². The minimum Gasteiger partial charge on any atom is -0.497 e. The Labute approximate surface area is 222 Å². The Morgan fingerprint density at radius 3 is 2.42 bits per heavy atom. The van der Waals surface area contributed by atoms with E-state index in [1.165, 1.54) is 29.2 Å². The maximum Gasteiger partial charge on any atom is 0.250 e. The molecule has 2 aliphatic carbocycles. The zero-order valence-electron chi connectivity index (χ0n) is 21.8. The highest BCUT2D eigenvalue weighted by Gasteiger charge is 2.51. The molecule has 1 N–H and O–H groups in total. The van der Waals surface area contributed by atoms with E-state index < -0.39 is 11.4 Å². The first-order chi connectivity index (χ1) is 18.5. The Morgan fingerprint density at radius 1 is 1.03 bits per heavy atom. The van der Waals surface area contributed by atoms with Gasteiger partial charge in [0, 0.05) is 18.2 Å². The molecular formula is C31H33FN2O4. The molecule has 2 amide bonds.